The summed E-state index contributed by atoms with van der Waals surface area (Å²) in [6.07, 6.45) is 4.57. The number of aryl methyl sites for hydroxylation is 1. The van der Waals surface area contributed by atoms with Crippen molar-refractivity contribution in [2.75, 3.05) is 5.32 Å². The van der Waals surface area contributed by atoms with E-state index in [1.807, 2.05) is 13.0 Å². The van der Waals surface area contributed by atoms with E-state index >= 15 is 0 Å². The third kappa shape index (κ3) is 3.29. The molecule has 0 aliphatic heterocycles. The fourth-order valence-electron chi connectivity index (χ4n) is 1.81. The van der Waals surface area contributed by atoms with Gasteiger partial charge in [0.1, 0.15) is 17.3 Å². The number of hydrogen-bond donors (Lipinski definition) is 1. The van der Waals surface area contributed by atoms with Gasteiger partial charge in [0.05, 0.1) is 5.02 Å². The lowest BCUT2D eigenvalue weighted by Crippen LogP contribution is -2.02. The molecule has 0 saturated heterocycles. The second kappa shape index (κ2) is 6.21. The number of pyridine rings is 2. The van der Waals surface area contributed by atoms with E-state index in [9.17, 15) is 0 Å². The van der Waals surface area contributed by atoms with Gasteiger partial charge in [-0.15, -0.1) is 0 Å². The Hall–Kier alpha value is -2.31. The van der Waals surface area contributed by atoms with Crippen molar-refractivity contribution in [3.63, 3.8) is 0 Å². The highest BCUT2D eigenvalue weighted by molar-refractivity contribution is 6.30. The number of halogens is 2. The van der Waals surface area contributed by atoms with Crippen molar-refractivity contribution in [1.82, 2.24) is 24.9 Å². The smallest absolute Gasteiger partial charge is 0.231 e. The van der Waals surface area contributed by atoms with E-state index in [1.165, 1.54) is 6.33 Å². The van der Waals surface area contributed by atoms with Crippen molar-refractivity contribution < 1.29 is 0 Å². The third-order valence-corrected chi connectivity index (χ3v) is 3.25. The predicted molar refractivity (Wildman–Crippen MR) is 85.3 cm³/mol. The van der Waals surface area contributed by atoms with Crippen LogP contribution in [0.25, 0.3) is 11.4 Å². The fourth-order valence-corrected chi connectivity index (χ4v) is 2.20. The Kier molecular flexibility index (Phi) is 4.13. The van der Waals surface area contributed by atoms with Gasteiger partial charge in [0.25, 0.3) is 0 Å². The van der Waals surface area contributed by atoms with E-state index in [1.54, 1.807) is 24.5 Å². The van der Waals surface area contributed by atoms with Crippen LogP contribution in [-0.2, 0) is 0 Å². The molecule has 0 aliphatic rings. The molecule has 3 heterocycles. The molecule has 0 aliphatic carbocycles. The summed E-state index contributed by atoms with van der Waals surface area (Å²) in [7, 11) is 0. The van der Waals surface area contributed by atoms with Crippen molar-refractivity contribution in [2.24, 2.45) is 0 Å². The van der Waals surface area contributed by atoms with Gasteiger partial charge in [-0.05, 0) is 30.7 Å². The number of anilines is 2. The molecule has 3 rings (SSSR count). The highest BCUT2D eigenvalue weighted by atomic mass is 35.5. The van der Waals surface area contributed by atoms with Crippen molar-refractivity contribution in [3.05, 3.63) is 52.7 Å². The number of nitrogens with zero attached hydrogens (tertiary/aromatic N) is 5. The summed E-state index contributed by atoms with van der Waals surface area (Å²) < 4.78 is 0. The van der Waals surface area contributed by atoms with Crippen molar-refractivity contribution in [3.8, 4) is 11.4 Å². The lowest BCUT2D eigenvalue weighted by molar-refractivity contribution is 1.05. The molecule has 1 N–H and O–H groups in total. The second-order valence-corrected chi connectivity index (χ2v) is 5.27. The lowest BCUT2D eigenvalue weighted by atomic mass is 10.2. The topological polar surface area (TPSA) is 76.5 Å². The summed E-state index contributed by atoms with van der Waals surface area (Å²) in [6, 6.07) is 5.27. The van der Waals surface area contributed by atoms with Gasteiger partial charge in [0.2, 0.25) is 5.95 Å². The van der Waals surface area contributed by atoms with Crippen LogP contribution in [0.4, 0.5) is 11.8 Å². The maximum absolute atomic E-state index is 5.89. The van der Waals surface area contributed by atoms with E-state index in [0.29, 0.717) is 27.8 Å². The zero-order valence-corrected chi connectivity index (χ0v) is 13.0. The SMILES string of the molecule is Cc1cc(Cl)cnc1Nc1ncnc(-c2ccnc(Cl)c2)n1. The maximum Gasteiger partial charge on any atom is 0.231 e. The Morgan fingerprint density at radius 2 is 1.91 bits per heavy atom. The third-order valence-electron chi connectivity index (χ3n) is 2.83. The lowest BCUT2D eigenvalue weighted by Gasteiger charge is -2.08. The molecular weight excluding hydrogens is 323 g/mol. The Morgan fingerprint density at radius 1 is 1.05 bits per heavy atom. The van der Waals surface area contributed by atoms with Gasteiger partial charge >= 0.3 is 0 Å². The molecule has 0 aromatic carbocycles. The number of nitrogens with one attached hydrogen (secondary N) is 1. The van der Waals surface area contributed by atoms with Crippen LogP contribution in [0.5, 0.6) is 0 Å². The van der Waals surface area contributed by atoms with Crippen LogP contribution in [0.2, 0.25) is 10.2 Å². The van der Waals surface area contributed by atoms with E-state index in [0.717, 1.165) is 11.1 Å². The highest BCUT2D eigenvalue weighted by Gasteiger charge is 2.07. The van der Waals surface area contributed by atoms with Gasteiger partial charge in [0.15, 0.2) is 5.82 Å². The van der Waals surface area contributed by atoms with Crippen LogP contribution >= 0.6 is 23.2 Å². The molecule has 22 heavy (non-hydrogen) atoms. The summed E-state index contributed by atoms with van der Waals surface area (Å²) in [5, 5.41) is 4.00. The zero-order chi connectivity index (χ0) is 15.5. The molecule has 6 nitrogen and oxygen atoms in total. The average molecular weight is 333 g/mol. The summed E-state index contributed by atoms with van der Waals surface area (Å²) in [4.78, 5) is 20.7. The van der Waals surface area contributed by atoms with Gasteiger partial charge in [0, 0.05) is 18.0 Å². The Bertz CT molecular complexity index is 824. The molecule has 0 atom stereocenters. The number of aromatic nitrogens is 5. The highest BCUT2D eigenvalue weighted by Crippen LogP contribution is 2.21. The molecule has 8 heteroatoms. The van der Waals surface area contributed by atoms with Crippen LogP contribution < -0.4 is 5.32 Å². The molecule has 110 valence electrons. The minimum absolute atomic E-state index is 0.377. The minimum Gasteiger partial charge on any atom is -0.308 e. The molecule has 0 bridgehead atoms. The normalized spacial score (nSPS) is 10.5. The molecule has 0 spiro atoms. The van der Waals surface area contributed by atoms with E-state index in [4.69, 9.17) is 23.2 Å². The fraction of sp³-hybridized carbons (Fsp3) is 0.0714. The monoisotopic (exact) mass is 332 g/mol. The Balaban J connectivity index is 1.91. The first-order valence-electron chi connectivity index (χ1n) is 6.32. The van der Waals surface area contributed by atoms with E-state index in [-0.39, 0.29) is 0 Å². The van der Waals surface area contributed by atoms with E-state index < -0.39 is 0 Å². The van der Waals surface area contributed by atoms with Crippen LogP contribution in [-0.4, -0.2) is 24.9 Å². The first-order chi connectivity index (χ1) is 10.6. The summed E-state index contributed by atoms with van der Waals surface area (Å²) >= 11 is 11.8. The Labute approximate surface area is 136 Å². The van der Waals surface area contributed by atoms with Gasteiger partial charge < -0.3 is 5.32 Å². The predicted octanol–water partition coefficient (Wildman–Crippen LogP) is 3.69. The van der Waals surface area contributed by atoms with Crippen molar-refractivity contribution in [1.29, 1.82) is 0 Å². The maximum atomic E-state index is 5.89. The van der Waals surface area contributed by atoms with Crippen molar-refractivity contribution in [2.45, 2.75) is 6.92 Å². The minimum atomic E-state index is 0.377. The molecule has 0 fully saturated rings. The molecule has 3 aromatic heterocycles. The van der Waals surface area contributed by atoms with Crippen molar-refractivity contribution >= 4 is 35.0 Å². The standard InChI is InChI=1S/C14H10Cl2N6/c1-8-4-10(15)6-18-12(8)21-14-20-7-19-13(22-14)9-2-3-17-11(16)5-9/h2-7H,1H3,(H,18,19,20,21,22). The number of rotatable bonds is 3. The second-order valence-electron chi connectivity index (χ2n) is 4.44. The van der Waals surface area contributed by atoms with Crippen LogP contribution in [0.1, 0.15) is 5.56 Å². The van der Waals surface area contributed by atoms with Gasteiger partial charge in [-0.1, -0.05) is 23.2 Å². The van der Waals surface area contributed by atoms with Gasteiger partial charge in [-0.2, -0.15) is 4.98 Å². The molecule has 0 saturated carbocycles. The Morgan fingerprint density at radius 3 is 2.68 bits per heavy atom. The number of hydrogen-bond acceptors (Lipinski definition) is 6. The molecule has 0 amide bonds. The molecule has 0 radical (unpaired) electrons. The summed E-state index contributed by atoms with van der Waals surface area (Å²) in [5.41, 5.74) is 1.65. The van der Waals surface area contributed by atoms with Crippen LogP contribution in [0, 0.1) is 6.92 Å². The molecular formula is C14H10Cl2N6. The molecule has 0 unspecified atom stereocenters. The van der Waals surface area contributed by atoms with Gasteiger partial charge in [-0.25, -0.2) is 19.9 Å². The quantitative estimate of drug-likeness (QED) is 0.737. The first-order valence-corrected chi connectivity index (χ1v) is 7.07. The van der Waals surface area contributed by atoms with Crippen LogP contribution in [0.3, 0.4) is 0 Å². The first kappa shape index (κ1) is 14.6. The molecule has 3 aromatic rings. The summed E-state index contributed by atoms with van der Waals surface area (Å²) in [6.45, 7) is 1.89. The summed E-state index contributed by atoms with van der Waals surface area (Å²) in [5.74, 6) is 1.51. The van der Waals surface area contributed by atoms with E-state index in [2.05, 4.69) is 30.2 Å². The largest absolute Gasteiger partial charge is 0.308 e. The zero-order valence-electron chi connectivity index (χ0n) is 11.5. The average Bonchev–Trinajstić information content (AvgIpc) is 2.50. The van der Waals surface area contributed by atoms with Gasteiger partial charge in [-0.3, -0.25) is 0 Å². The van der Waals surface area contributed by atoms with Crippen LogP contribution in [0.15, 0.2) is 36.9 Å².